The molecule has 0 rings (SSSR count). The van der Waals surface area contributed by atoms with Crippen LogP contribution in [0.25, 0.3) is 0 Å². The molecule has 0 aromatic heterocycles. The minimum Gasteiger partial charge on any atom is -0.374 e. The summed E-state index contributed by atoms with van der Waals surface area (Å²) in [6.07, 6.45) is 0.562. The molecule has 0 aromatic carbocycles. The summed E-state index contributed by atoms with van der Waals surface area (Å²) in [6.45, 7) is 7.37. The summed E-state index contributed by atoms with van der Waals surface area (Å²) in [6, 6.07) is 0.631. The van der Waals surface area contributed by atoms with E-state index in [0.29, 0.717) is 32.3 Å². The quantitative estimate of drug-likeness (QED) is 0.558. The lowest BCUT2D eigenvalue weighted by molar-refractivity contribution is 0.0676. The van der Waals surface area contributed by atoms with Crippen molar-refractivity contribution in [1.82, 2.24) is 0 Å². The SMILES string of the molecule is CCO[Si](CCC[O])(OCC)OCC. The second-order valence-corrected chi connectivity index (χ2v) is 5.52. The minimum atomic E-state index is -2.52. The smallest absolute Gasteiger partial charge is 0.374 e. The second-order valence-electron chi connectivity index (χ2n) is 2.79. The normalized spacial score (nSPS) is 12.0. The van der Waals surface area contributed by atoms with Crippen LogP contribution in [0.5, 0.6) is 0 Å². The Morgan fingerprint density at radius 2 is 1.36 bits per heavy atom. The average molecular weight is 221 g/mol. The Labute approximate surface area is 87.5 Å². The van der Waals surface area contributed by atoms with Gasteiger partial charge in [0.15, 0.2) is 0 Å². The summed E-state index contributed by atoms with van der Waals surface area (Å²) < 4.78 is 16.7. The molecule has 0 spiro atoms. The van der Waals surface area contributed by atoms with Gasteiger partial charge in [0.1, 0.15) is 0 Å². The molecule has 0 saturated carbocycles. The number of hydrogen-bond donors (Lipinski definition) is 0. The van der Waals surface area contributed by atoms with Crippen molar-refractivity contribution in [3.8, 4) is 0 Å². The number of hydrogen-bond acceptors (Lipinski definition) is 3. The molecule has 0 unspecified atom stereocenters. The van der Waals surface area contributed by atoms with E-state index < -0.39 is 8.80 Å². The van der Waals surface area contributed by atoms with E-state index in [1.54, 1.807) is 0 Å². The zero-order chi connectivity index (χ0) is 10.9. The van der Waals surface area contributed by atoms with Crippen LogP contribution in [0.15, 0.2) is 0 Å². The van der Waals surface area contributed by atoms with Crippen LogP contribution in [0.4, 0.5) is 0 Å². The van der Waals surface area contributed by atoms with Gasteiger partial charge in [-0.05, 0) is 27.2 Å². The first-order chi connectivity index (χ1) is 6.74. The van der Waals surface area contributed by atoms with Crippen molar-refractivity contribution in [2.24, 2.45) is 0 Å². The van der Waals surface area contributed by atoms with Crippen LogP contribution in [0.1, 0.15) is 27.2 Å². The molecule has 14 heavy (non-hydrogen) atoms. The summed E-state index contributed by atoms with van der Waals surface area (Å²) in [4.78, 5) is 0. The van der Waals surface area contributed by atoms with Crippen molar-refractivity contribution >= 4 is 8.80 Å². The van der Waals surface area contributed by atoms with Crippen LogP contribution < -0.4 is 0 Å². The molecule has 0 saturated heterocycles. The van der Waals surface area contributed by atoms with Gasteiger partial charge in [0.05, 0.1) is 6.61 Å². The lowest BCUT2D eigenvalue weighted by Gasteiger charge is -2.28. The van der Waals surface area contributed by atoms with E-state index in [1.165, 1.54) is 0 Å². The van der Waals surface area contributed by atoms with E-state index >= 15 is 0 Å². The van der Waals surface area contributed by atoms with Gasteiger partial charge in [0, 0.05) is 25.9 Å². The number of rotatable bonds is 9. The molecule has 0 N–H and O–H groups in total. The molecule has 1 radical (unpaired) electrons. The predicted octanol–water partition coefficient (Wildman–Crippen LogP) is 1.86. The topological polar surface area (TPSA) is 47.6 Å². The maximum atomic E-state index is 10.4. The molecule has 0 aliphatic carbocycles. The molecule has 0 aliphatic rings. The van der Waals surface area contributed by atoms with Crippen LogP contribution in [0.2, 0.25) is 6.04 Å². The first kappa shape index (κ1) is 14.1. The average Bonchev–Trinajstić information content (AvgIpc) is 2.16. The Kier molecular flexibility index (Phi) is 8.41. The largest absolute Gasteiger partial charge is 0.501 e. The Morgan fingerprint density at radius 3 is 1.64 bits per heavy atom. The molecule has 0 aromatic rings. The molecule has 0 heterocycles. The highest BCUT2D eigenvalue weighted by Gasteiger charge is 2.39. The van der Waals surface area contributed by atoms with Gasteiger partial charge in [-0.25, -0.2) is 5.11 Å². The lowest BCUT2D eigenvalue weighted by Crippen LogP contribution is -2.46. The van der Waals surface area contributed by atoms with E-state index in [9.17, 15) is 5.11 Å². The van der Waals surface area contributed by atoms with Crippen LogP contribution >= 0.6 is 0 Å². The fraction of sp³-hybridized carbons (Fsp3) is 1.00. The first-order valence-electron chi connectivity index (χ1n) is 5.24. The maximum Gasteiger partial charge on any atom is 0.501 e. The standard InChI is InChI=1S/C9H21O4Si/c1-4-11-14(12-5-2,13-6-3)9-7-8-10/h4-9H2,1-3H3. The minimum absolute atomic E-state index is 0.0953. The van der Waals surface area contributed by atoms with Crippen molar-refractivity contribution in [3.05, 3.63) is 0 Å². The molecular formula is C9H21O4Si. The van der Waals surface area contributed by atoms with Crippen LogP contribution in [0, 0.1) is 0 Å². The van der Waals surface area contributed by atoms with Gasteiger partial charge in [-0.2, -0.15) is 0 Å². The van der Waals surface area contributed by atoms with Gasteiger partial charge in [-0.1, -0.05) is 0 Å². The van der Waals surface area contributed by atoms with E-state index in [4.69, 9.17) is 13.3 Å². The predicted molar refractivity (Wildman–Crippen MR) is 55.6 cm³/mol. The van der Waals surface area contributed by atoms with Gasteiger partial charge in [0.25, 0.3) is 0 Å². The molecule has 85 valence electrons. The van der Waals surface area contributed by atoms with Crippen molar-refractivity contribution in [1.29, 1.82) is 0 Å². The van der Waals surface area contributed by atoms with Gasteiger partial charge < -0.3 is 13.3 Å². The monoisotopic (exact) mass is 221 g/mol. The van der Waals surface area contributed by atoms with E-state index in [-0.39, 0.29) is 6.61 Å². The molecular weight excluding hydrogens is 200 g/mol. The van der Waals surface area contributed by atoms with Gasteiger partial charge in [0.2, 0.25) is 0 Å². The third-order valence-corrected chi connectivity index (χ3v) is 4.87. The first-order valence-corrected chi connectivity index (χ1v) is 7.17. The van der Waals surface area contributed by atoms with Gasteiger partial charge in [-0.15, -0.1) is 0 Å². The van der Waals surface area contributed by atoms with Crippen LogP contribution in [-0.4, -0.2) is 35.2 Å². The third kappa shape index (κ3) is 5.07. The Bertz CT molecular complexity index is 115. The highest BCUT2D eigenvalue weighted by atomic mass is 28.4. The molecule has 4 nitrogen and oxygen atoms in total. The summed E-state index contributed by atoms with van der Waals surface area (Å²) in [5.74, 6) is 0. The lowest BCUT2D eigenvalue weighted by atomic mass is 10.5. The Morgan fingerprint density at radius 1 is 0.929 bits per heavy atom. The molecule has 5 heteroatoms. The van der Waals surface area contributed by atoms with Crippen molar-refractivity contribution in [3.63, 3.8) is 0 Å². The Hall–Kier alpha value is 0.0569. The maximum absolute atomic E-state index is 10.4. The zero-order valence-corrected chi connectivity index (χ0v) is 10.4. The second kappa shape index (κ2) is 8.37. The fourth-order valence-corrected chi connectivity index (χ4v) is 3.87. The van der Waals surface area contributed by atoms with Crippen LogP contribution in [0.3, 0.4) is 0 Å². The molecule has 0 bridgehead atoms. The van der Waals surface area contributed by atoms with E-state index in [1.807, 2.05) is 20.8 Å². The third-order valence-electron chi connectivity index (χ3n) is 1.72. The summed E-state index contributed by atoms with van der Waals surface area (Å²) >= 11 is 0. The molecule has 0 atom stereocenters. The highest BCUT2D eigenvalue weighted by molar-refractivity contribution is 6.60. The van der Waals surface area contributed by atoms with E-state index in [2.05, 4.69) is 0 Å². The van der Waals surface area contributed by atoms with Gasteiger partial charge >= 0.3 is 8.80 Å². The van der Waals surface area contributed by atoms with Crippen LogP contribution in [-0.2, 0) is 18.4 Å². The fourth-order valence-electron chi connectivity index (χ4n) is 1.29. The molecule has 0 fully saturated rings. The molecule has 0 aliphatic heterocycles. The van der Waals surface area contributed by atoms with Crippen molar-refractivity contribution in [2.75, 3.05) is 26.4 Å². The van der Waals surface area contributed by atoms with E-state index in [0.717, 1.165) is 0 Å². The van der Waals surface area contributed by atoms with Crippen molar-refractivity contribution in [2.45, 2.75) is 33.2 Å². The highest BCUT2D eigenvalue weighted by Crippen LogP contribution is 2.17. The molecule has 0 amide bonds. The van der Waals surface area contributed by atoms with Gasteiger partial charge in [-0.3, -0.25) is 0 Å². The summed E-state index contributed by atoms with van der Waals surface area (Å²) in [5.41, 5.74) is 0. The van der Waals surface area contributed by atoms with Crippen molar-refractivity contribution < 1.29 is 18.4 Å². The summed E-state index contributed by atoms with van der Waals surface area (Å²) in [5, 5.41) is 10.4. The summed E-state index contributed by atoms with van der Waals surface area (Å²) in [7, 11) is -2.52. The Balaban J connectivity index is 4.21. The zero-order valence-electron chi connectivity index (χ0n) is 9.38.